The predicted molar refractivity (Wildman–Crippen MR) is 39.4 cm³/mol. The van der Waals surface area contributed by atoms with E-state index in [0.29, 0.717) is 6.61 Å². The minimum atomic E-state index is -0.889. The quantitative estimate of drug-likeness (QED) is 0.466. The number of carbonyl (C=O) groups excluding carboxylic acids is 2. The van der Waals surface area contributed by atoms with E-state index in [1.54, 1.807) is 6.92 Å². The number of carbonyl (C=O) groups is 2. The van der Waals surface area contributed by atoms with Crippen molar-refractivity contribution in [3.63, 3.8) is 0 Å². The molecule has 0 atom stereocenters. The molecule has 0 saturated heterocycles. The number of rotatable bonds is 1. The van der Waals surface area contributed by atoms with Crippen molar-refractivity contribution in [2.45, 2.75) is 13.8 Å². The molecule has 0 spiro atoms. The molecule has 3 nitrogen and oxygen atoms in total. The van der Waals surface area contributed by atoms with Crippen molar-refractivity contribution in [2.75, 3.05) is 6.61 Å². The monoisotopic (exact) mass is 186 g/mol. The third-order valence-corrected chi connectivity index (χ3v) is 0.348. The van der Waals surface area contributed by atoms with Gasteiger partial charge in [-0.1, -0.05) is 0 Å². The Morgan fingerprint density at radius 1 is 1.40 bits per heavy atom. The molecule has 0 aliphatic carbocycles. The molecule has 0 radical (unpaired) electrons. The summed E-state index contributed by atoms with van der Waals surface area (Å²) in [5, 5.41) is 0. The molecule has 0 heterocycles. The SMILES string of the molecule is CCOC(C)=O.O=C(Cl)Cl. The molecule has 0 amide bonds. The van der Waals surface area contributed by atoms with Crippen molar-refractivity contribution in [2.24, 2.45) is 0 Å². The normalized spacial score (nSPS) is 7.20. The minimum Gasteiger partial charge on any atom is -0.466 e. The van der Waals surface area contributed by atoms with Gasteiger partial charge in [0.25, 0.3) is 0 Å². The fourth-order valence-electron chi connectivity index (χ4n) is 0.203. The largest absolute Gasteiger partial charge is 0.466 e. The van der Waals surface area contributed by atoms with Gasteiger partial charge in [0.1, 0.15) is 0 Å². The number of esters is 1. The van der Waals surface area contributed by atoms with Crippen LogP contribution in [0.2, 0.25) is 0 Å². The summed E-state index contributed by atoms with van der Waals surface area (Å²) in [5.41, 5.74) is 0. The lowest BCUT2D eigenvalue weighted by molar-refractivity contribution is -0.140. The lowest BCUT2D eigenvalue weighted by Crippen LogP contribution is -1.95. The zero-order chi connectivity index (χ0) is 8.57. The number of hydrogen-bond acceptors (Lipinski definition) is 3. The van der Waals surface area contributed by atoms with Gasteiger partial charge < -0.3 is 4.74 Å². The van der Waals surface area contributed by atoms with Crippen LogP contribution in [0, 0.1) is 0 Å². The molecule has 10 heavy (non-hydrogen) atoms. The van der Waals surface area contributed by atoms with E-state index in [0.717, 1.165) is 0 Å². The Kier molecular flexibility index (Phi) is 10.8. The molecule has 0 fully saturated rings. The number of halogens is 2. The maximum atomic E-state index is 9.82. The third kappa shape index (κ3) is 47.1. The van der Waals surface area contributed by atoms with Crippen LogP contribution >= 0.6 is 23.2 Å². The van der Waals surface area contributed by atoms with Gasteiger partial charge in [-0.2, -0.15) is 0 Å². The van der Waals surface area contributed by atoms with Crippen molar-refractivity contribution in [1.29, 1.82) is 0 Å². The lowest BCUT2D eigenvalue weighted by atomic mass is 10.8. The van der Waals surface area contributed by atoms with Crippen LogP contribution in [0.4, 0.5) is 4.79 Å². The Labute approximate surface area is 69.2 Å². The topological polar surface area (TPSA) is 43.4 Å². The Bertz CT molecular complexity index is 109. The van der Waals surface area contributed by atoms with E-state index in [2.05, 4.69) is 27.9 Å². The Morgan fingerprint density at radius 2 is 1.70 bits per heavy atom. The van der Waals surface area contributed by atoms with E-state index >= 15 is 0 Å². The fraction of sp³-hybridized carbons (Fsp3) is 0.600. The molecule has 0 unspecified atom stereocenters. The molecule has 0 aromatic carbocycles. The highest BCUT2D eigenvalue weighted by Gasteiger charge is 1.81. The van der Waals surface area contributed by atoms with Gasteiger partial charge in [-0.15, -0.1) is 0 Å². The zero-order valence-corrected chi connectivity index (χ0v) is 7.20. The minimum absolute atomic E-state index is 0.211. The number of ether oxygens (including phenoxy) is 1. The molecule has 60 valence electrons. The van der Waals surface area contributed by atoms with Crippen LogP contribution < -0.4 is 0 Å². The highest BCUT2D eigenvalue weighted by molar-refractivity contribution is 6.93. The summed E-state index contributed by atoms with van der Waals surface area (Å²) in [7, 11) is 0. The Balaban J connectivity index is 0. The van der Waals surface area contributed by atoms with E-state index < -0.39 is 4.70 Å². The van der Waals surface area contributed by atoms with Gasteiger partial charge in [-0.25, -0.2) is 0 Å². The zero-order valence-electron chi connectivity index (χ0n) is 5.69. The molecular formula is C5H8Cl2O3. The summed E-state index contributed by atoms with van der Waals surface area (Å²) in [6.07, 6.45) is 0. The molecule has 0 saturated carbocycles. The first-order chi connectivity index (χ1) is 4.50. The van der Waals surface area contributed by atoms with Crippen LogP contribution in [0.5, 0.6) is 0 Å². The molecule has 0 aromatic heterocycles. The van der Waals surface area contributed by atoms with Gasteiger partial charge in [0.05, 0.1) is 6.61 Å². The maximum absolute atomic E-state index is 9.82. The van der Waals surface area contributed by atoms with Crippen LogP contribution in [0.25, 0.3) is 0 Å². The van der Waals surface area contributed by atoms with Gasteiger partial charge in [0, 0.05) is 6.92 Å². The molecule has 0 N–H and O–H groups in total. The van der Waals surface area contributed by atoms with Crippen molar-refractivity contribution in [3.8, 4) is 0 Å². The van der Waals surface area contributed by atoms with E-state index in [1.807, 2.05) is 0 Å². The molecule has 0 aliphatic heterocycles. The summed E-state index contributed by atoms with van der Waals surface area (Å²) in [6, 6.07) is 0. The average Bonchev–Trinajstić information content (AvgIpc) is 1.62. The van der Waals surface area contributed by atoms with Crippen molar-refractivity contribution in [1.82, 2.24) is 0 Å². The van der Waals surface area contributed by atoms with Crippen molar-refractivity contribution < 1.29 is 14.3 Å². The first kappa shape index (κ1) is 12.4. The molecule has 0 aromatic rings. The third-order valence-electron chi connectivity index (χ3n) is 0.348. The fourth-order valence-corrected chi connectivity index (χ4v) is 0.203. The van der Waals surface area contributed by atoms with E-state index in [-0.39, 0.29) is 5.97 Å². The van der Waals surface area contributed by atoms with E-state index in [4.69, 9.17) is 4.79 Å². The van der Waals surface area contributed by atoms with Gasteiger partial charge in [-0.05, 0) is 30.1 Å². The number of hydrogen-bond donors (Lipinski definition) is 0. The highest BCUT2D eigenvalue weighted by Crippen LogP contribution is 1.84. The summed E-state index contributed by atoms with van der Waals surface area (Å²) in [6.45, 7) is 3.65. The Morgan fingerprint density at radius 3 is 1.70 bits per heavy atom. The maximum Gasteiger partial charge on any atom is 0.313 e. The van der Waals surface area contributed by atoms with E-state index in [9.17, 15) is 4.79 Å². The predicted octanol–water partition coefficient (Wildman–Crippen LogP) is 2.15. The summed E-state index contributed by atoms with van der Waals surface area (Å²) < 4.78 is 3.51. The van der Waals surface area contributed by atoms with Crippen LogP contribution in [0.3, 0.4) is 0 Å². The average molecular weight is 187 g/mol. The second-order valence-electron chi connectivity index (χ2n) is 1.15. The second-order valence-corrected chi connectivity index (χ2v) is 2.03. The standard InChI is InChI=1S/C4H8O2.CCl2O/c1-3-6-4(2)5;2-1(3)4/h3H2,1-2H3;. The molecular weight excluding hydrogens is 179 g/mol. The van der Waals surface area contributed by atoms with Crippen LogP contribution in [-0.4, -0.2) is 17.3 Å². The Hall–Kier alpha value is -0.280. The summed E-state index contributed by atoms with van der Waals surface area (Å²) in [5.74, 6) is -0.211. The van der Waals surface area contributed by atoms with Gasteiger partial charge in [0.2, 0.25) is 0 Å². The first-order valence-corrected chi connectivity index (χ1v) is 3.24. The lowest BCUT2D eigenvalue weighted by Gasteiger charge is -1.89. The molecule has 0 bridgehead atoms. The smallest absolute Gasteiger partial charge is 0.313 e. The molecule has 0 aliphatic rings. The van der Waals surface area contributed by atoms with Crippen LogP contribution in [0.15, 0.2) is 0 Å². The summed E-state index contributed by atoms with van der Waals surface area (Å²) >= 11 is 8.80. The molecule has 0 rings (SSSR count). The van der Waals surface area contributed by atoms with Crippen molar-refractivity contribution >= 4 is 33.9 Å². The van der Waals surface area contributed by atoms with E-state index in [1.165, 1.54) is 6.92 Å². The van der Waals surface area contributed by atoms with Crippen LogP contribution in [0.1, 0.15) is 13.8 Å². The van der Waals surface area contributed by atoms with Crippen LogP contribution in [-0.2, 0) is 9.53 Å². The van der Waals surface area contributed by atoms with Crippen molar-refractivity contribution in [3.05, 3.63) is 0 Å². The molecule has 5 heteroatoms. The highest BCUT2D eigenvalue weighted by atomic mass is 35.5. The van der Waals surface area contributed by atoms with Gasteiger partial charge >= 0.3 is 10.7 Å². The summed E-state index contributed by atoms with van der Waals surface area (Å²) in [4.78, 5) is 18.8. The van der Waals surface area contributed by atoms with Gasteiger partial charge in [0.15, 0.2) is 0 Å². The second kappa shape index (κ2) is 8.72. The first-order valence-electron chi connectivity index (χ1n) is 2.49. The van der Waals surface area contributed by atoms with Gasteiger partial charge in [-0.3, -0.25) is 9.59 Å².